The van der Waals surface area contributed by atoms with Gasteiger partial charge in [0.1, 0.15) is 11.4 Å². The molecule has 1 saturated carbocycles. The van der Waals surface area contributed by atoms with Crippen molar-refractivity contribution in [1.29, 1.82) is 0 Å². The Morgan fingerprint density at radius 1 is 1.23 bits per heavy atom. The first-order chi connectivity index (χ1) is 14.0. The van der Waals surface area contributed by atoms with Crippen LogP contribution in [0.5, 0.6) is 0 Å². The van der Waals surface area contributed by atoms with Crippen molar-refractivity contribution in [2.45, 2.75) is 52.2 Å². The van der Waals surface area contributed by atoms with Gasteiger partial charge < -0.3 is 15.8 Å². The van der Waals surface area contributed by atoms with Gasteiger partial charge in [-0.25, -0.2) is 9.18 Å². The SMILES string of the molecule is Cc1cc(C(=O)c2c(Cl)ccc(C(NC(=O)OC(C)(C)C)C3CC3)c2F)ccc1N. The van der Waals surface area contributed by atoms with Gasteiger partial charge in [0.2, 0.25) is 0 Å². The fourth-order valence-electron chi connectivity index (χ4n) is 3.29. The Morgan fingerprint density at radius 2 is 1.90 bits per heavy atom. The molecule has 1 amide bonds. The van der Waals surface area contributed by atoms with Gasteiger partial charge in [0, 0.05) is 16.8 Å². The van der Waals surface area contributed by atoms with Gasteiger partial charge in [-0.05, 0) is 76.3 Å². The van der Waals surface area contributed by atoms with Crippen molar-refractivity contribution in [2.75, 3.05) is 5.73 Å². The molecule has 1 aliphatic carbocycles. The molecule has 3 N–H and O–H groups in total. The van der Waals surface area contributed by atoms with Crippen molar-refractivity contribution < 1.29 is 18.7 Å². The molecule has 1 aliphatic rings. The summed E-state index contributed by atoms with van der Waals surface area (Å²) in [7, 11) is 0. The van der Waals surface area contributed by atoms with Crippen LogP contribution >= 0.6 is 11.6 Å². The monoisotopic (exact) mass is 432 g/mol. The number of rotatable bonds is 5. The maximum atomic E-state index is 15.6. The van der Waals surface area contributed by atoms with Gasteiger partial charge in [-0.15, -0.1) is 0 Å². The van der Waals surface area contributed by atoms with Crippen LogP contribution in [0.2, 0.25) is 5.02 Å². The number of hydrogen-bond donors (Lipinski definition) is 2. The average molecular weight is 433 g/mol. The minimum atomic E-state index is -0.727. The predicted octanol–water partition coefficient (Wildman–Crippen LogP) is 5.58. The van der Waals surface area contributed by atoms with Crippen molar-refractivity contribution in [3.63, 3.8) is 0 Å². The van der Waals surface area contributed by atoms with E-state index in [4.69, 9.17) is 22.1 Å². The highest BCUT2D eigenvalue weighted by Gasteiger charge is 2.37. The Morgan fingerprint density at radius 3 is 2.47 bits per heavy atom. The van der Waals surface area contributed by atoms with Gasteiger partial charge in [0.15, 0.2) is 5.78 Å². The van der Waals surface area contributed by atoms with Gasteiger partial charge in [-0.2, -0.15) is 0 Å². The first-order valence-electron chi connectivity index (χ1n) is 9.86. The van der Waals surface area contributed by atoms with E-state index in [1.54, 1.807) is 45.9 Å². The molecular weight excluding hydrogens is 407 g/mol. The van der Waals surface area contributed by atoms with E-state index >= 15 is 4.39 Å². The van der Waals surface area contributed by atoms with Crippen LogP contribution in [-0.2, 0) is 4.74 Å². The van der Waals surface area contributed by atoms with Crippen LogP contribution in [0.4, 0.5) is 14.9 Å². The number of halogens is 2. The number of anilines is 1. The van der Waals surface area contributed by atoms with Crippen molar-refractivity contribution in [2.24, 2.45) is 5.92 Å². The third kappa shape index (κ3) is 4.93. The summed E-state index contributed by atoms with van der Waals surface area (Å²) in [6.07, 6.45) is 1.07. The third-order valence-corrected chi connectivity index (χ3v) is 5.30. The van der Waals surface area contributed by atoms with Gasteiger partial charge in [-0.1, -0.05) is 17.7 Å². The molecule has 30 heavy (non-hydrogen) atoms. The van der Waals surface area contributed by atoms with Crippen molar-refractivity contribution >= 4 is 29.2 Å². The lowest BCUT2D eigenvalue weighted by atomic mass is 9.94. The van der Waals surface area contributed by atoms with Crippen LogP contribution in [0.15, 0.2) is 30.3 Å². The van der Waals surface area contributed by atoms with Crippen LogP contribution in [-0.4, -0.2) is 17.5 Å². The number of carbonyl (C=O) groups is 2. The minimum Gasteiger partial charge on any atom is -0.444 e. The van der Waals surface area contributed by atoms with Crippen LogP contribution in [0.1, 0.15) is 66.7 Å². The number of aryl methyl sites for hydroxylation is 1. The van der Waals surface area contributed by atoms with Crippen molar-refractivity contribution in [1.82, 2.24) is 5.32 Å². The molecule has 0 spiro atoms. The zero-order valence-corrected chi connectivity index (χ0v) is 18.3. The number of alkyl carbamates (subject to hydrolysis) is 1. The second-order valence-corrected chi connectivity index (χ2v) is 9.09. The van der Waals surface area contributed by atoms with Crippen molar-refractivity contribution in [3.05, 3.63) is 63.4 Å². The maximum Gasteiger partial charge on any atom is 0.408 e. The molecular formula is C23H26ClFN2O3. The van der Waals surface area contributed by atoms with Gasteiger partial charge in [0.05, 0.1) is 16.6 Å². The van der Waals surface area contributed by atoms with Crippen LogP contribution in [0, 0.1) is 18.7 Å². The highest BCUT2D eigenvalue weighted by Crippen LogP contribution is 2.43. The smallest absolute Gasteiger partial charge is 0.408 e. The van der Waals surface area contributed by atoms with E-state index in [-0.39, 0.29) is 22.1 Å². The van der Waals surface area contributed by atoms with E-state index < -0.39 is 29.3 Å². The van der Waals surface area contributed by atoms with Gasteiger partial charge >= 0.3 is 6.09 Å². The standard InChI is InChI=1S/C23H26ClFN2O3/c1-12-11-14(7-10-17(12)26)21(28)18-16(24)9-8-15(19(18)25)20(13-5-6-13)27-22(29)30-23(2,3)4/h7-11,13,20H,5-6,26H2,1-4H3,(H,27,29). The van der Waals surface area contributed by atoms with Gasteiger partial charge in [-0.3, -0.25) is 4.79 Å². The number of amides is 1. The highest BCUT2D eigenvalue weighted by molar-refractivity contribution is 6.35. The largest absolute Gasteiger partial charge is 0.444 e. The molecule has 1 fully saturated rings. The number of benzene rings is 2. The topological polar surface area (TPSA) is 81.4 Å². The lowest BCUT2D eigenvalue weighted by molar-refractivity contribution is 0.0496. The molecule has 0 heterocycles. The first kappa shape index (κ1) is 22.1. The summed E-state index contributed by atoms with van der Waals surface area (Å²) in [5, 5.41) is 2.78. The van der Waals surface area contributed by atoms with Crippen LogP contribution in [0.3, 0.4) is 0 Å². The second-order valence-electron chi connectivity index (χ2n) is 8.69. The molecule has 0 bridgehead atoms. The molecule has 5 nitrogen and oxygen atoms in total. The zero-order valence-electron chi connectivity index (χ0n) is 17.5. The molecule has 160 valence electrons. The Bertz CT molecular complexity index is 997. The number of nitrogen functional groups attached to an aromatic ring is 1. The van der Waals surface area contributed by atoms with Gasteiger partial charge in [0.25, 0.3) is 0 Å². The quantitative estimate of drug-likeness (QED) is 0.477. The number of ketones is 1. The summed E-state index contributed by atoms with van der Waals surface area (Å²) < 4.78 is 20.9. The molecule has 7 heteroatoms. The Kier molecular flexibility index (Phi) is 6.09. The van der Waals surface area contributed by atoms with Crippen LogP contribution < -0.4 is 11.1 Å². The lowest BCUT2D eigenvalue weighted by Crippen LogP contribution is -2.36. The number of nitrogens with two attached hydrogens (primary N) is 1. The molecule has 3 rings (SSSR count). The fraction of sp³-hybridized carbons (Fsp3) is 0.391. The number of carbonyl (C=O) groups excluding carboxylic acids is 2. The summed E-state index contributed by atoms with van der Waals surface area (Å²) in [5.74, 6) is -1.18. The number of hydrogen-bond acceptors (Lipinski definition) is 4. The molecule has 2 aromatic carbocycles. The first-order valence-corrected chi connectivity index (χ1v) is 10.2. The summed E-state index contributed by atoms with van der Waals surface area (Å²) in [4.78, 5) is 25.3. The summed E-state index contributed by atoms with van der Waals surface area (Å²) in [6.45, 7) is 7.04. The molecule has 0 aromatic heterocycles. The molecule has 0 saturated heterocycles. The highest BCUT2D eigenvalue weighted by atomic mass is 35.5. The van der Waals surface area contributed by atoms with E-state index in [2.05, 4.69) is 5.32 Å². The number of nitrogens with one attached hydrogen (secondary N) is 1. The normalized spacial score (nSPS) is 14.9. The molecule has 0 radical (unpaired) electrons. The Labute approximate surface area is 180 Å². The van der Waals surface area contributed by atoms with Crippen LogP contribution in [0.25, 0.3) is 0 Å². The summed E-state index contributed by atoms with van der Waals surface area (Å²) in [5.41, 5.74) is 6.71. The predicted molar refractivity (Wildman–Crippen MR) is 115 cm³/mol. The third-order valence-electron chi connectivity index (χ3n) is 4.98. The minimum absolute atomic E-state index is 0.0162. The van der Waals surface area contributed by atoms with E-state index in [1.165, 1.54) is 12.1 Å². The summed E-state index contributed by atoms with van der Waals surface area (Å²) in [6, 6.07) is 7.17. The second kappa shape index (κ2) is 8.26. The molecule has 0 aliphatic heterocycles. The Hall–Kier alpha value is -2.60. The number of ether oxygens (including phenoxy) is 1. The summed E-state index contributed by atoms with van der Waals surface area (Å²) >= 11 is 6.21. The Balaban J connectivity index is 1.97. The van der Waals surface area contributed by atoms with E-state index in [0.29, 0.717) is 11.3 Å². The van der Waals surface area contributed by atoms with E-state index in [1.807, 2.05) is 0 Å². The molecule has 1 atom stereocenters. The van der Waals surface area contributed by atoms with E-state index in [0.717, 1.165) is 18.4 Å². The fourth-order valence-corrected chi connectivity index (χ4v) is 3.52. The molecule has 1 unspecified atom stereocenters. The maximum absolute atomic E-state index is 15.6. The zero-order chi connectivity index (χ0) is 22.2. The van der Waals surface area contributed by atoms with Crippen molar-refractivity contribution in [3.8, 4) is 0 Å². The lowest BCUT2D eigenvalue weighted by Gasteiger charge is -2.24. The average Bonchev–Trinajstić information content (AvgIpc) is 3.46. The van der Waals surface area contributed by atoms with E-state index in [9.17, 15) is 9.59 Å². The molecule has 2 aromatic rings.